The summed E-state index contributed by atoms with van der Waals surface area (Å²) in [4.78, 5) is 45.1. The summed E-state index contributed by atoms with van der Waals surface area (Å²) in [6, 6.07) is -1.76. The van der Waals surface area contributed by atoms with Gasteiger partial charge in [-0.3, -0.25) is 23.4 Å². The lowest BCUT2D eigenvalue weighted by atomic mass is 10.0. The first-order valence-corrected chi connectivity index (χ1v) is 18.5. The van der Waals surface area contributed by atoms with E-state index < -0.39 is 119 Å². The first-order chi connectivity index (χ1) is 25.4. The zero-order chi connectivity index (χ0) is 43.7. The zero-order valence-corrected chi connectivity index (χ0v) is 30.5. The van der Waals surface area contributed by atoms with E-state index in [4.69, 9.17) is 24.8 Å². The van der Waals surface area contributed by atoms with Crippen molar-refractivity contribution in [3.63, 3.8) is 0 Å². The lowest BCUT2D eigenvalue weighted by molar-refractivity contribution is -0.356. The lowest BCUT2D eigenvalue weighted by Gasteiger charge is -2.28. The minimum absolute atomic E-state index is 0.112. The topological polar surface area (TPSA) is 172 Å². The number of esters is 2. The predicted octanol–water partition coefficient (Wildman–Crippen LogP) is 8.89. The summed E-state index contributed by atoms with van der Waals surface area (Å²) in [6.07, 6.45) is -18.4. The summed E-state index contributed by atoms with van der Waals surface area (Å²) in [7, 11) is -5.11. The van der Waals surface area contributed by atoms with Gasteiger partial charge in [0.15, 0.2) is 0 Å². The van der Waals surface area contributed by atoms with Crippen molar-refractivity contribution in [2.24, 2.45) is 5.73 Å². The van der Waals surface area contributed by atoms with Crippen LogP contribution in [-0.2, 0) is 37.5 Å². The number of phosphoric ester groups is 1. The minimum atomic E-state index is -6.42. The van der Waals surface area contributed by atoms with Crippen LogP contribution in [0.3, 0.4) is 0 Å². The molecule has 0 aliphatic heterocycles. The molecule has 0 amide bonds. The first-order valence-electron chi connectivity index (χ1n) is 17.0. The van der Waals surface area contributed by atoms with E-state index in [0.29, 0.717) is 0 Å². The third-order valence-electron chi connectivity index (χ3n) is 7.75. The Labute approximate surface area is 311 Å². The number of alkyl halides is 14. The Morgan fingerprint density at radius 2 is 0.875 bits per heavy atom. The third-order valence-corrected chi connectivity index (χ3v) is 8.79. The molecule has 0 radical (unpaired) electrons. The molecule has 0 aromatic carbocycles. The molecule has 2 atom stereocenters. The number of carboxylic acid groups (broad SMARTS) is 1. The number of aliphatic carboxylic acids is 1. The van der Waals surface area contributed by atoms with Crippen molar-refractivity contribution < 1.29 is 109 Å². The van der Waals surface area contributed by atoms with Crippen molar-refractivity contribution in [2.75, 3.05) is 19.8 Å². The highest BCUT2D eigenvalue weighted by Gasteiger charge is 2.73. The summed E-state index contributed by atoms with van der Waals surface area (Å²) >= 11 is 0. The van der Waals surface area contributed by atoms with Gasteiger partial charge in [-0.05, 0) is 25.7 Å². The Bertz CT molecular complexity index is 1180. The maximum Gasteiger partial charge on any atom is 0.472 e. The molecule has 0 bridgehead atoms. The molecule has 0 aliphatic carbocycles. The summed E-state index contributed by atoms with van der Waals surface area (Å²) in [5, 5.41) is 8.79. The monoisotopic (exact) mass is 875 g/mol. The lowest BCUT2D eigenvalue weighted by Crippen LogP contribution is -2.51. The molecular formula is C30H44F14NO10P. The van der Waals surface area contributed by atoms with Gasteiger partial charge in [0.1, 0.15) is 25.4 Å². The third kappa shape index (κ3) is 19.3. The molecule has 26 heteroatoms. The van der Waals surface area contributed by atoms with Gasteiger partial charge >= 0.3 is 61.8 Å². The number of carbonyl (C=O) groups excluding carboxylic acids is 2. The normalized spacial score (nSPS) is 15.1. The van der Waals surface area contributed by atoms with E-state index >= 15 is 0 Å². The molecule has 11 nitrogen and oxygen atoms in total. The first kappa shape index (κ1) is 53.5. The number of nitrogens with two attached hydrogens (primary N) is 1. The summed E-state index contributed by atoms with van der Waals surface area (Å²) in [6.45, 7) is -2.66. The molecule has 0 spiro atoms. The van der Waals surface area contributed by atoms with E-state index in [2.05, 4.69) is 4.52 Å². The van der Waals surface area contributed by atoms with Crippen LogP contribution in [0, 0.1) is 0 Å². The van der Waals surface area contributed by atoms with Gasteiger partial charge in [-0.2, -0.15) is 61.5 Å². The highest BCUT2D eigenvalue weighted by Crippen LogP contribution is 2.50. The number of rotatable bonds is 30. The molecule has 0 aliphatic rings. The maximum absolute atomic E-state index is 13.3. The number of hydrogen-bond acceptors (Lipinski definition) is 9. The molecule has 332 valence electrons. The molecule has 56 heavy (non-hydrogen) atoms. The van der Waals surface area contributed by atoms with Crippen LogP contribution in [0.1, 0.15) is 103 Å². The van der Waals surface area contributed by atoms with Crippen LogP contribution in [0.2, 0.25) is 0 Å². The SMILES string of the molecule is NC(COP(=O)(O)OC(COC(=O)CCCCCCCCC(F)(F)C(F)(F)C(F)(F)F)COC(=O)CCCCCCCCC(F)(F)C(F)(F)C(F)(F)F)C(=O)O. The van der Waals surface area contributed by atoms with E-state index in [1.54, 1.807) is 0 Å². The highest BCUT2D eigenvalue weighted by atomic mass is 31.2. The smallest absolute Gasteiger partial charge is 0.472 e. The van der Waals surface area contributed by atoms with Crippen molar-refractivity contribution in [2.45, 2.75) is 151 Å². The molecule has 0 aromatic heterocycles. The zero-order valence-electron chi connectivity index (χ0n) is 29.6. The van der Waals surface area contributed by atoms with Gasteiger partial charge in [0.05, 0.1) is 6.61 Å². The van der Waals surface area contributed by atoms with E-state index in [-0.39, 0.29) is 77.0 Å². The van der Waals surface area contributed by atoms with Gasteiger partial charge in [-0.25, -0.2) is 4.57 Å². The summed E-state index contributed by atoms with van der Waals surface area (Å²) in [5.41, 5.74) is 5.19. The van der Waals surface area contributed by atoms with Crippen molar-refractivity contribution in [1.82, 2.24) is 0 Å². The Morgan fingerprint density at radius 1 is 0.554 bits per heavy atom. The molecule has 0 saturated carbocycles. The molecule has 0 heterocycles. The highest BCUT2D eigenvalue weighted by molar-refractivity contribution is 7.47. The van der Waals surface area contributed by atoms with E-state index in [9.17, 15) is 85.3 Å². The molecule has 0 rings (SSSR count). The number of unbranched alkanes of at least 4 members (excludes halogenated alkanes) is 10. The second-order valence-corrected chi connectivity index (χ2v) is 14.0. The number of hydrogen-bond donors (Lipinski definition) is 3. The number of ether oxygens (including phenoxy) is 2. The predicted molar refractivity (Wildman–Crippen MR) is 164 cm³/mol. The maximum atomic E-state index is 13.3. The van der Waals surface area contributed by atoms with Crippen LogP contribution >= 0.6 is 7.82 Å². The van der Waals surface area contributed by atoms with Crippen LogP contribution < -0.4 is 5.73 Å². The Balaban J connectivity index is 4.74. The van der Waals surface area contributed by atoms with Gasteiger partial charge in [0, 0.05) is 25.7 Å². The molecule has 0 saturated heterocycles. The summed E-state index contributed by atoms with van der Waals surface area (Å²) < 4.78 is 210. The van der Waals surface area contributed by atoms with Crippen LogP contribution in [-0.4, -0.2) is 95.9 Å². The number of phosphoric acid groups is 1. The van der Waals surface area contributed by atoms with Crippen LogP contribution in [0.25, 0.3) is 0 Å². The van der Waals surface area contributed by atoms with E-state index in [1.165, 1.54) is 0 Å². The average molecular weight is 876 g/mol. The molecular weight excluding hydrogens is 831 g/mol. The fourth-order valence-corrected chi connectivity index (χ4v) is 5.37. The molecule has 0 aromatic rings. The van der Waals surface area contributed by atoms with Crippen molar-refractivity contribution in [3.05, 3.63) is 0 Å². The van der Waals surface area contributed by atoms with E-state index in [1.807, 2.05) is 0 Å². The van der Waals surface area contributed by atoms with Crippen molar-refractivity contribution in [3.8, 4) is 0 Å². The average Bonchev–Trinajstić information content (AvgIpc) is 3.05. The number of halogens is 14. The molecule has 4 N–H and O–H groups in total. The van der Waals surface area contributed by atoms with Gasteiger partial charge in [0.25, 0.3) is 0 Å². The van der Waals surface area contributed by atoms with Crippen LogP contribution in [0.15, 0.2) is 0 Å². The number of carboxylic acids is 1. The van der Waals surface area contributed by atoms with Gasteiger partial charge in [-0.1, -0.05) is 51.4 Å². The molecule has 0 fully saturated rings. The van der Waals surface area contributed by atoms with Crippen LogP contribution in [0.5, 0.6) is 0 Å². The fourth-order valence-electron chi connectivity index (χ4n) is 4.47. The van der Waals surface area contributed by atoms with Crippen molar-refractivity contribution >= 4 is 25.7 Å². The number of carbonyl (C=O) groups is 3. The fraction of sp³-hybridized carbons (Fsp3) is 0.900. The largest absolute Gasteiger partial charge is 0.480 e. The van der Waals surface area contributed by atoms with Crippen molar-refractivity contribution in [1.29, 1.82) is 0 Å². The minimum Gasteiger partial charge on any atom is -0.480 e. The molecule has 2 unspecified atom stereocenters. The van der Waals surface area contributed by atoms with Gasteiger partial charge < -0.3 is 25.2 Å². The Morgan fingerprint density at radius 3 is 1.20 bits per heavy atom. The van der Waals surface area contributed by atoms with E-state index in [0.717, 1.165) is 0 Å². The summed E-state index contributed by atoms with van der Waals surface area (Å²) in [5.74, 6) is -26.4. The second kappa shape index (κ2) is 23.2. The quantitative estimate of drug-likeness (QED) is 0.0273. The van der Waals surface area contributed by atoms with Crippen LogP contribution in [0.4, 0.5) is 61.5 Å². The second-order valence-electron chi connectivity index (χ2n) is 12.6. The van der Waals surface area contributed by atoms with Gasteiger partial charge in [-0.15, -0.1) is 0 Å². The Kier molecular flexibility index (Phi) is 22.1. The Hall–Kier alpha value is -2.50. The standard InChI is InChI=1S/C30H44F14NO10P/c31-25(32,27(35,36)29(39,40)41)15-11-7-3-1-5-9-13-22(46)52-17-20(55-56(50,51)54-19-21(45)24(48)49)18-53-23(47)14-10-6-2-4-8-12-16-26(33,34)28(37,38)30(42,43)44/h20-21H,1-19,45H2,(H,48,49)(H,50,51). The van der Waals surface area contributed by atoms with Gasteiger partial charge in [0.2, 0.25) is 0 Å².